The minimum Gasteiger partial charge on any atom is -0.376 e. The van der Waals surface area contributed by atoms with E-state index in [1.807, 2.05) is 18.3 Å². The SMILES string of the molecule is N#Cc1cnc2c(Br)cc(NC(CCN3CCCCCC3)c3c[nH]nn3)cc2c1Nc1ccc(F)c(Cl)c1. The van der Waals surface area contributed by atoms with Crippen LogP contribution in [0.1, 0.15) is 49.4 Å². The van der Waals surface area contributed by atoms with Crippen LogP contribution in [0.2, 0.25) is 5.02 Å². The van der Waals surface area contributed by atoms with Crippen molar-refractivity contribution in [1.82, 2.24) is 25.3 Å². The molecule has 0 spiro atoms. The van der Waals surface area contributed by atoms with Crippen molar-refractivity contribution in [2.75, 3.05) is 30.3 Å². The van der Waals surface area contributed by atoms with Crippen LogP contribution in [0, 0.1) is 17.1 Å². The van der Waals surface area contributed by atoms with Crippen LogP contribution in [0.3, 0.4) is 0 Å². The number of rotatable bonds is 8. The predicted molar refractivity (Wildman–Crippen MR) is 151 cm³/mol. The van der Waals surface area contributed by atoms with Gasteiger partial charge >= 0.3 is 0 Å². The number of hydrogen-bond donors (Lipinski definition) is 3. The summed E-state index contributed by atoms with van der Waals surface area (Å²) in [6, 6.07) is 10.4. The first-order chi connectivity index (χ1) is 18.5. The van der Waals surface area contributed by atoms with Gasteiger partial charge < -0.3 is 15.5 Å². The van der Waals surface area contributed by atoms with Gasteiger partial charge in [0.1, 0.15) is 17.6 Å². The third-order valence-electron chi connectivity index (χ3n) is 6.80. The van der Waals surface area contributed by atoms with Gasteiger partial charge in [-0.2, -0.15) is 5.26 Å². The third kappa shape index (κ3) is 6.07. The highest BCUT2D eigenvalue weighted by atomic mass is 79.9. The van der Waals surface area contributed by atoms with Gasteiger partial charge in [-0.25, -0.2) is 4.39 Å². The highest BCUT2D eigenvalue weighted by Crippen LogP contribution is 2.36. The second kappa shape index (κ2) is 12.1. The molecule has 0 bridgehead atoms. The number of H-pyrrole nitrogens is 1. The summed E-state index contributed by atoms with van der Waals surface area (Å²) in [7, 11) is 0. The fourth-order valence-corrected chi connectivity index (χ4v) is 5.57. The van der Waals surface area contributed by atoms with E-state index in [1.165, 1.54) is 44.0 Å². The van der Waals surface area contributed by atoms with E-state index >= 15 is 0 Å². The summed E-state index contributed by atoms with van der Waals surface area (Å²) < 4.78 is 14.5. The second-order valence-corrected chi connectivity index (χ2v) is 10.7. The van der Waals surface area contributed by atoms with Gasteiger partial charge in [0.05, 0.1) is 27.8 Å². The van der Waals surface area contributed by atoms with E-state index in [0.717, 1.165) is 47.3 Å². The number of nitriles is 1. The summed E-state index contributed by atoms with van der Waals surface area (Å²) in [5.41, 5.74) is 3.84. The molecule has 1 fully saturated rings. The molecule has 3 heterocycles. The monoisotopic (exact) mass is 596 g/mol. The van der Waals surface area contributed by atoms with Gasteiger partial charge in [-0.3, -0.25) is 10.1 Å². The number of hydrogen-bond acceptors (Lipinski definition) is 7. The van der Waals surface area contributed by atoms with Crippen LogP contribution in [0.15, 0.2) is 47.2 Å². The largest absolute Gasteiger partial charge is 0.376 e. The van der Waals surface area contributed by atoms with Crippen molar-refractivity contribution in [1.29, 1.82) is 5.26 Å². The zero-order valence-electron chi connectivity index (χ0n) is 20.6. The zero-order chi connectivity index (χ0) is 26.5. The number of aromatic nitrogens is 4. The maximum Gasteiger partial charge on any atom is 0.141 e. The summed E-state index contributed by atoms with van der Waals surface area (Å²) in [6.45, 7) is 3.20. The third-order valence-corrected chi connectivity index (χ3v) is 7.69. The number of nitrogens with zero attached hydrogens (tertiary/aromatic N) is 5. The van der Waals surface area contributed by atoms with E-state index in [-0.39, 0.29) is 11.1 Å². The Morgan fingerprint density at radius 1 is 1.16 bits per heavy atom. The summed E-state index contributed by atoms with van der Waals surface area (Å²) in [5, 5.41) is 28.5. The first-order valence-corrected chi connectivity index (χ1v) is 13.8. The molecule has 1 unspecified atom stereocenters. The van der Waals surface area contributed by atoms with Crippen LogP contribution < -0.4 is 10.6 Å². The molecule has 2 aromatic heterocycles. The van der Waals surface area contributed by atoms with E-state index in [4.69, 9.17) is 11.6 Å². The van der Waals surface area contributed by atoms with E-state index in [1.54, 1.807) is 6.07 Å². The lowest BCUT2D eigenvalue weighted by molar-refractivity contribution is 0.275. The minimum atomic E-state index is -0.509. The molecule has 8 nitrogen and oxygen atoms in total. The number of fused-ring (bicyclic) bond motifs is 1. The van der Waals surface area contributed by atoms with Gasteiger partial charge in [-0.15, -0.1) is 5.10 Å². The Balaban J connectivity index is 1.47. The Bertz CT molecular complexity index is 1450. The molecule has 1 saturated heterocycles. The zero-order valence-corrected chi connectivity index (χ0v) is 23.0. The molecular weight excluding hydrogens is 571 g/mol. The molecule has 11 heteroatoms. The molecule has 0 saturated carbocycles. The van der Waals surface area contributed by atoms with E-state index in [2.05, 4.69) is 57.9 Å². The van der Waals surface area contributed by atoms with Crippen LogP contribution in [0.25, 0.3) is 10.9 Å². The standard InChI is InChI=1S/C27H27BrClFN8/c28-21-12-19(34-24(25-16-33-37-36-25)7-10-38-8-3-1-2-4-9-38)11-20-26(17(14-31)15-32-27(20)21)35-18-5-6-23(30)22(29)13-18/h5-6,11-13,15-16,24,34H,1-4,7-10H2,(H,32,35)(H,33,36,37). The number of likely N-dealkylation sites (tertiary alicyclic amines) is 1. The molecule has 2 aromatic carbocycles. The average molecular weight is 598 g/mol. The van der Waals surface area contributed by atoms with Crippen molar-refractivity contribution < 1.29 is 4.39 Å². The van der Waals surface area contributed by atoms with Crippen LogP contribution >= 0.6 is 27.5 Å². The molecule has 4 aromatic rings. The summed E-state index contributed by atoms with van der Waals surface area (Å²) >= 11 is 9.65. The highest BCUT2D eigenvalue weighted by molar-refractivity contribution is 9.10. The summed E-state index contributed by atoms with van der Waals surface area (Å²) in [4.78, 5) is 7.03. The first-order valence-electron chi connectivity index (χ1n) is 12.6. The molecule has 0 amide bonds. The molecule has 3 N–H and O–H groups in total. The van der Waals surface area contributed by atoms with Gasteiger partial charge in [-0.1, -0.05) is 29.7 Å². The molecule has 196 valence electrons. The fourth-order valence-electron chi connectivity index (χ4n) is 4.83. The molecular formula is C27H27BrClFN8. The van der Waals surface area contributed by atoms with Gasteiger partial charge in [-0.05, 0) is 78.6 Å². The van der Waals surface area contributed by atoms with Gasteiger partial charge in [0.2, 0.25) is 0 Å². The van der Waals surface area contributed by atoms with Crippen molar-refractivity contribution in [3.8, 4) is 6.07 Å². The quantitative estimate of drug-likeness (QED) is 0.202. The molecule has 5 rings (SSSR count). The fraction of sp³-hybridized carbons (Fsp3) is 0.333. The lowest BCUT2D eigenvalue weighted by atomic mass is 10.1. The maximum atomic E-state index is 13.7. The Kier molecular flexibility index (Phi) is 8.37. The van der Waals surface area contributed by atoms with Crippen molar-refractivity contribution in [3.05, 3.63) is 69.3 Å². The maximum absolute atomic E-state index is 13.7. The smallest absolute Gasteiger partial charge is 0.141 e. The molecule has 0 radical (unpaired) electrons. The molecule has 38 heavy (non-hydrogen) atoms. The molecule has 1 aliphatic heterocycles. The second-order valence-electron chi connectivity index (χ2n) is 9.41. The minimum absolute atomic E-state index is 0.00438. The van der Waals surface area contributed by atoms with Crippen molar-refractivity contribution in [2.24, 2.45) is 0 Å². The number of aromatic amines is 1. The number of pyridine rings is 1. The van der Waals surface area contributed by atoms with Gasteiger partial charge in [0.15, 0.2) is 0 Å². The number of nitrogens with one attached hydrogen (secondary N) is 3. The summed E-state index contributed by atoms with van der Waals surface area (Å²) in [6.07, 6.45) is 9.27. The lowest BCUT2D eigenvalue weighted by Crippen LogP contribution is -2.28. The first kappa shape index (κ1) is 26.4. The predicted octanol–water partition coefficient (Wildman–Crippen LogP) is 6.94. The Morgan fingerprint density at radius 3 is 2.68 bits per heavy atom. The Morgan fingerprint density at radius 2 is 1.97 bits per heavy atom. The highest BCUT2D eigenvalue weighted by Gasteiger charge is 2.19. The topological polar surface area (TPSA) is 106 Å². The van der Waals surface area contributed by atoms with Crippen molar-refractivity contribution in [2.45, 2.75) is 38.1 Å². The average Bonchev–Trinajstić information content (AvgIpc) is 3.32. The van der Waals surface area contributed by atoms with Crippen molar-refractivity contribution in [3.63, 3.8) is 0 Å². The Hall–Kier alpha value is -3.26. The van der Waals surface area contributed by atoms with Gasteiger partial charge in [0.25, 0.3) is 0 Å². The number of benzene rings is 2. The Labute approximate surface area is 233 Å². The van der Waals surface area contributed by atoms with Crippen LogP contribution in [-0.4, -0.2) is 44.9 Å². The lowest BCUT2D eigenvalue weighted by Gasteiger charge is -2.24. The number of halogens is 3. The van der Waals surface area contributed by atoms with Gasteiger partial charge in [0, 0.05) is 40.2 Å². The summed E-state index contributed by atoms with van der Waals surface area (Å²) in [5.74, 6) is -0.509. The molecule has 1 aliphatic rings. The number of anilines is 3. The molecule has 0 aliphatic carbocycles. The van der Waals surface area contributed by atoms with Crippen molar-refractivity contribution >= 4 is 55.5 Å². The molecule has 1 atom stereocenters. The van der Waals surface area contributed by atoms with Crippen LogP contribution in [-0.2, 0) is 0 Å². The van der Waals surface area contributed by atoms with E-state index < -0.39 is 5.82 Å². The van der Waals surface area contributed by atoms with Crippen LogP contribution in [0.5, 0.6) is 0 Å². The van der Waals surface area contributed by atoms with E-state index in [0.29, 0.717) is 22.5 Å². The normalized spacial score (nSPS) is 15.1. The van der Waals surface area contributed by atoms with Crippen LogP contribution in [0.4, 0.5) is 21.5 Å². The van der Waals surface area contributed by atoms with E-state index in [9.17, 15) is 9.65 Å².